The van der Waals surface area contributed by atoms with Gasteiger partial charge >= 0.3 is 5.97 Å². The number of benzene rings is 3. The van der Waals surface area contributed by atoms with E-state index in [4.69, 9.17) is 9.47 Å². The van der Waals surface area contributed by atoms with E-state index >= 15 is 0 Å². The van der Waals surface area contributed by atoms with Gasteiger partial charge in [-0.05, 0) is 80.1 Å². The number of nitrogens with zero attached hydrogens (tertiary/aromatic N) is 2. The summed E-state index contributed by atoms with van der Waals surface area (Å²) in [5.74, 6) is 0.928. The highest BCUT2D eigenvalue weighted by Gasteiger charge is 2.47. The summed E-state index contributed by atoms with van der Waals surface area (Å²) in [7, 11) is 0. The summed E-state index contributed by atoms with van der Waals surface area (Å²) < 4.78 is 12.1. The van der Waals surface area contributed by atoms with E-state index in [1.165, 1.54) is 0 Å². The smallest absolute Gasteiger partial charge is 0.317 e. The summed E-state index contributed by atoms with van der Waals surface area (Å²) in [5, 5.41) is 0. The third kappa shape index (κ3) is 5.77. The molecule has 0 saturated carbocycles. The molecule has 0 N–H and O–H groups in total. The number of carbonyl (C=O) groups is 3. The van der Waals surface area contributed by atoms with Gasteiger partial charge in [-0.2, -0.15) is 0 Å². The van der Waals surface area contributed by atoms with Gasteiger partial charge in [0.2, 0.25) is 0 Å². The third-order valence-electron chi connectivity index (χ3n) is 9.10. The lowest BCUT2D eigenvalue weighted by molar-refractivity contribution is -0.167. The van der Waals surface area contributed by atoms with Gasteiger partial charge < -0.3 is 14.4 Å². The molecule has 41 heavy (non-hydrogen) atoms. The van der Waals surface area contributed by atoms with E-state index in [2.05, 4.69) is 4.90 Å². The van der Waals surface area contributed by atoms with Crippen molar-refractivity contribution in [1.29, 1.82) is 0 Å². The normalized spacial score (nSPS) is 23.0. The second kappa shape index (κ2) is 11.9. The van der Waals surface area contributed by atoms with Gasteiger partial charge in [-0.1, -0.05) is 54.6 Å². The van der Waals surface area contributed by atoms with E-state index in [9.17, 15) is 14.4 Å². The molecule has 4 aliphatic rings. The molecule has 3 aromatic carbocycles. The van der Waals surface area contributed by atoms with Crippen molar-refractivity contribution in [3.05, 3.63) is 101 Å². The molecular formula is C34H36N2O5. The number of amides is 1. The number of fused-ring (bicyclic) bond motifs is 3. The van der Waals surface area contributed by atoms with Crippen LogP contribution in [-0.2, 0) is 21.6 Å². The molecule has 0 aliphatic carbocycles. The number of likely N-dealkylation sites (tertiary alicyclic amines) is 1. The lowest BCUT2D eigenvalue weighted by atomic mass is 9.72. The zero-order valence-electron chi connectivity index (χ0n) is 23.2. The molecule has 7 nitrogen and oxygen atoms in total. The Morgan fingerprint density at radius 1 is 0.854 bits per heavy atom. The summed E-state index contributed by atoms with van der Waals surface area (Å²) in [5.41, 5.74) is 2.40. The first-order valence-electron chi connectivity index (χ1n) is 14.6. The largest absolute Gasteiger partial charge is 0.489 e. The zero-order chi connectivity index (χ0) is 28.2. The number of esters is 1. The Morgan fingerprint density at radius 2 is 1.54 bits per heavy atom. The second-order valence-electron chi connectivity index (χ2n) is 11.5. The zero-order valence-corrected chi connectivity index (χ0v) is 23.2. The minimum atomic E-state index is -0.744. The van der Waals surface area contributed by atoms with Crippen molar-refractivity contribution in [3.63, 3.8) is 0 Å². The van der Waals surface area contributed by atoms with E-state index in [0.717, 1.165) is 49.9 Å². The van der Waals surface area contributed by atoms with E-state index in [-0.39, 0.29) is 18.0 Å². The minimum Gasteiger partial charge on any atom is -0.489 e. The summed E-state index contributed by atoms with van der Waals surface area (Å²) >= 11 is 0. The van der Waals surface area contributed by atoms with Crippen molar-refractivity contribution in [3.8, 4) is 5.75 Å². The molecule has 4 saturated heterocycles. The summed E-state index contributed by atoms with van der Waals surface area (Å²) in [6.07, 6.45) is 4.03. The molecule has 3 aromatic rings. The number of rotatable bonds is 8. The Bertz CT molecular complexity index is 1360. The maximum atomic E-state index is 13.9. The van der Waals surface area contributed by atoms with Crippen molar-refractivity contribution in [2.45, 2.75) is 43.8 Å². The predicted molar refractivity (Wildman–Crippen MR) is 155 cm³/mol. The van der Waals surface area contributed by atoms with Crippen molar-refractivity contribution < 1.29 is 23.9 Å². The summed E-state index contributed by atoms with van der Waals surface area (Å²) in [6.45, 7) is 4.37. The van der Waals surface area contributed by atoms with Gasteiger partial charge in [-0.15, -0.1) is 0 Å². The van der Waals surface area contributed by atoms with Gasteiger partial charge in [0.1, 0.15) is 24.7 Å². The van der Waals surface area contributed by atoms with Crippen LogP contribution < -0.4 is 4.74 Å². The van der Waals surface area contributed by atoms with Gasteiger partial charge in [0.15, 0.2) is 0 Å². The Balaban J connectivity index is 1.09. The van der Waals surface area contributed by atoms with Crippen LogP contribution >= 0.6 is 0 Å². The molecule has 4 aliphatic heterocycles. The van der Waals surface area contributed by atoms with Crippen LogP contribution in [0.5, 0.6) is 5.75 Å². The highest BCUT2D eigenvalue weighted by atomic mass is 16.5. The molecule has 4 heterocycles. The first kappa shape index (κ1) is 27.2. The van der Waals surface area contributed by atoms with Crippen molar-refractivity contribution in [2.75, 3.05) is 32.7 Å². The standard InChI is InChI=1S/C34H36N2O5/c37-23-25-6-8-26(9-7-25)24-40-30-12-10-28(11-13-30)32(38)36-20-16-34(17-21-36,29-4-2-1-3-5-29)33(39)41-31-22-35-18-14-27(31)15-19-35/h1-13,23,27,31H,14-22,24H2. The number of piperidine rings is 4. The number of hydrogen-bond acceptors (Lipinski definition) is 6. The number of carbonyl (C=O) groups excluding carboxylic acids is 3. The van der Waals surface area contributed by atoms with Crippen LogP contribution in [0, 0.1) is 5.92 Å². The fourth-order valence-electron chi connectivity index (χ4n) is 6.49. The van der Waals surface area contributed by atoms with Gasteiger partial charge in [-0.3, -0.25) is 19.3 Å². The summed E-state index contributed by atoms with van der Waals surface area (Å²) in [4.78, 5) is 42.4. The van der Waals surface area contributed by atoms with Gasteiger partial charge in [0, 0.05) is 30.8 Å². The molecular weight excluding hydrogens is 516 g/mol. The lowest BCUT2D eigenvalue weighted by Crippen LogP contribution is -2.55. The SMILES string of the molecule is O=Cc1ccc(COc2ccc(C(=O)N3CCC(C(=O)OC4CN5CCC4CC5)(c4ccccc4)CC3)cc2)cc1. The maximum Gasteiger partial charge on any atom is 0.317 e. The van der Waals surface area contributed by atoms with Crippen LogP contribution in [0.1, 0.15) is 57.5 Å². The molecule has 1 atom stereocenters. The Kier molecular flexibility index (Phi) is 7.88. The van der Waals surface area contributed by atoms with E-state index in [0.29, 0.717) is 55.3 Å². The molecule has 212 valence electrons. The van der Waals surface area contributed by atoms with Gasteiger partial charge in [-0.25, -0.2) is 0 Å². The summed E-state index contributed by atoms with van der Waals surface area (Å²) in [6, 6.07) is 24.4. The number of hydrogen-bond donors (Lipinski definition) is 0. The molecule has 0 radical (unpaired) electrons. The maximum absolute atomic E-state index is 13.9. The highest BCUT2D eigenvalue weighted by Crippen LogP contribution is 2.39. The average Bonchev–Trinajstić information content (AvgIpc) is 3.05. The van der Waals surface area contributed by atoms with Crippen molar-refractivity contribution >= 4 is 18.2 Å². The number of aldehydes is 1. The third-order valence-corrected chi connectivity index (χ3v) is 9.10. The van der Waals surface area contributed by atoms with Crippen LogP contribution in [-0.4, -0.2) is 66.8 Å². The van der Waals surface area contributed by atoms with E-state index in [1.807, 2.05) is 47.4 Å². The Hall–Kier alpha value is -3.97. The predicted octanol–water partition coefficient (Wildman–Crippen LogP) is 4.89. The fraction of sp³-hybridized carbons (Fsp3) is 0.382. The molecule has 7 heteroatoms. The number of ether oxygens (including phenoxy) is 2. The van der Waals surface area contributed by atoms with Gasteiger partial charge in [0.05, 0.1) is 5.41 Å². The molecule has 4 fully saturated rings. The topological polar surface area (TPSA) is 76.2 Å². The van der Waals surface area contributed by atoms with E-state index in [1.54, 1.807) is 36.4 Å². The van der Waals surface area contributed by atoms with Crippen molar-refractivity contribution in [1.82, 2.24) is 9.80 Å². The molecule has 0 aromatic heterocycles. The monoisotopic (exact) mass is 552 g/mol. The quantitative estimate of drug-likeness (QED) is 0.293. The molecule has 2 bridgehead atoms. The first-order chi connectivity index (χ1) is 20.0. The Labute approximate surface area is 241 Å². The van der Waals surface area contributed by atoms with Crippen LogP contribution in [0.3, 0.4) is 0 Å². The molecule has 7 rings (SSSR count). The highest BCUT2D eigenvalue weighted by molar-refractivity contribution is 5.94. The van der Waals surface area contributed by atoms with Crippen LogP contribution in [0.25, 0.3) is 0 Å². The van der Waals surface area contributed by atoms with Crippen LogP contribution in [0.2, 0.25) is 0 Å². The van der Waals surface area contributed by atoms with Crippen LogP contribution in [0.15, 0.2) is 78.9 Å². The lowest BCUT2D eigenvalue weighted by Gasteiger charge is -2.46. The van der Waals surface area contributed by atoms with E-state index < -0.39 is 5.41 Å². The van der Waals surface area contributed by atoms with Crippen LogP contribution in [0.4, 0.5) is 0 Å². The molecule has 1 amide bonds. The average molecular weight is 553 g/mol. The first-order valence-corrected chi connectivity index (χ1v) is 14.6. The molecule has 0 spiro atoms. The second-order valence-corrected chi connectivity index (χ2v) is 11.5. The van der Waals surface area contributed by atoms with Gasteiger partial charge in [0.25, 0.3) is 5.91 Å². The molecule has 1 unspecified atom stereocenters. The van der Waals surface area contributed by atoms with Crippen molar-refractivity contribution in [2.24, 2.45) is 5.92 Å². The minimum absolute atomic E-state index is 0.0401. The Morgan fingerprint density at radius 3 is 2.15 bits per heavy atom. The fourth-order valence-corrected chi connectivity index (χ4v) is 6.49.